The number of anilines is 1. The maximum Gasteiger partial charge on any atom is 0.223 e. The first-order valence-electron chi connectivity index (χ1n) is 13.2. The molecule has 2 aromatic heterocycles. The van der Waals surface area contributed by atoms with Gasteiger partial charge < -0.3 is 20.3 Å². The van der Waals surface area contributed by atoms with Crippen molar-refractivity contribution in [2.24, 2.45) is 0 Å². The molecule has 3 N–H and O–H groups in total. The zero-order valence-electron chi connectivity index (χ0n) is 22.0. The number of pyridine rings is 1. The normalized spacial score (nSPS) is 26.7. The first kappa shape index (κ1) is 26.8. The number of likely N-dealkylation sites (tertiary alicyclic amines) is 1. The third kappa shape index (κ3) is 5.49. The molecule has 5 rings (SSSR count). The van der Waals surface area contributed by atoms with Gasteiger partial charge in [0.15, 0.2) is 5.82 Å². The fraction of sp³-hybridized carbons (Fsp3) is 0.536. The molecule has 4 atom stereocenters. The summed E-state index contributed by atoms with van der Waals surface area (Å²) < 4.78 is 34.8. The minimum Gasteiger partial charge on any atom is -0.389 e. The van der Waals surface area contributed by atoms with Crippen LogP contribution in [0.5, 0.6) is 0 Å². The lowest BCUT2D eigenvalue weighted by Gasteiger charge is -2.39. The van der Waals surface area contributed by atoms with Crippen LogP contribution >= 0.6 is 0 Å². The molecule has 1 aromatic carbocycles. The standard InChI is InChI=1S/C28H35F2N5O3/c1-16(2)25-18(13-35-8-7-28(3,37)24(30)14-35)11-31-21-5-4-17(10-19(21)25)26-20(29)12-32-27(34-26)33-22-6-9-38-15-23(22)36/h4-5,10-12,16,22-24,36-37H,6-9,13-15H2,1-3H3,(H,32,33,34)/t22-,23-,24+,28+/m1/s1. The second-order valence-electron chi connectivity index (χ2n) is 11.0. The quantitative estimate of drug-likeness (QED) is 0.445. The van der Waals surface area contributed by atoms with Gasteiger partial charge in [-0.2, -0.15) is 0 Å². The summed E-state index contributed by atoms with van der Waals surface area (Å²) in [7, 11) is 0. The zero-order chi connectivity index (χ0) is 27.0. The molecule has 0 amide bonds. The molecule has 0 saturated carbocycles. The molecule has 10 heteroatoms. The molecule has 0 radical (unpaired) electrons. The summed E-state index contributed by atoms with van der Waals surface area (Å²) in [4.78, 5) is 15.2. The topological polar surface area (TPSA) is 104 Å². The average molecular weight is 528 g/mol. The van der Waals surface area contributed by atoms with Crippen LogP contribution in [0.4, 0.5) is 14.7 Å². The van der Waals surface area contributed by atoms with Crippen LogP contribution in [-0.4, -0.2) is 80.3 Å². The van der Waals surface area contributed by atoms with Gasteiger partial charge in [-0.25, -0.2) is 18.7 Å². The van der Waals surface area contributed by atoms with E-state index >= 15 is 0 Å². The molecule has 4 heterocycles. The van der Waals surface area contributed by atoms with Gasteiger partial charge in [0.1, 0.15) is 11.9 Å². The highest BCUT2D eigenvalue weighted by Crippen LogP contribution is 2.34. The molecule has 3 aromatic rings. The Morgan fingerprint density at radius 3 is 2.82 bits per heavy atom. The van der Waals surface area contributed by atoms with Crippen LogP contribution in [-0.2, 0) is 11.3 Å². The van der Waals surface area contributed by atoms with Crippen LogP contribution in [0.1, 0.15) is 50.7 Å². The van der Waals surface area contributed by atoms with Crippen molar-refractivity contribution < 1.29 is 23.7 Å². The number of aliphatic hydroxyl groups is 2. The SMILES string of the molecule is CC(C)c1c(CN2CC[C@](C)(O)[C@@H](F)C2)cnc2ccc(-c3nc(N[C@@H]4CCOC[C@H]4O)ncc3F)cc12. The van der Waals surface area contributed by atoms with Gasteiger partial charge in [-0.3, -0.25) is 9.88 Å². The van der Waals surface area contributed by atoms with Crippen molar-refractivity contribution in [1.82, 2.24) is 19.9 Å². The molecule has 0 aliphatic carbocycles. The second kappa shape index (κ2) is 10.8. The Labute approximate surface area is 221 Å². The van der Waals surface area contributed by atoms with E-state index < -0.39 is 23.7 Å². The van der Waals surface area contributed by atoms with Gasteiger partial charge in [0.2, 0.25) is 5.95 Å². The fourth-order valence-electron chi connectivity index (χ4n) is 5.35. The lowest BCUT2D eigenvalue weighted by atomic mass is 9.90. The number of rotatable bonds is 6. The van der Waals surface area contributed by atoms with Crippen LogP contribution in [0, 0.1) is 5.82 Å². The largest absolute Gasteiger partial charge is 0.389 e. The van der Waals surface area contributed by atoms with Crippen LogP contribution in [0.2, 0.25) is 0 Å². The molecule has 2 aliphatic heterocycles. The number of benzene rings is 1. The van der Waals surface area contributed by atoms with Crippen molar-refractivity contribution in [3.63, 3.8) is 0 Å². The second-order valence-corrected chi connectivity index (χ2v) is 11.0. The van der Waals surface area contributed by atoms with E-state index in [0.29, 0.717) is 38.1 Å². The highest BCUT2D eigenvalue weighted by atomic mass is 19.1. The van der Waals surface area contributed by atoms with E-state index in [9.17, 15) is 19.0 Å². The molecule has 2 saturated heterocycles. The van der Waals surface area contributed by atoms with Gasteiger partial charge in [0.25, 0.3) is 0 Å². The number of piperidine rings is 1. The Morgan fingerprint density at radius 1 is 1.26 bits per heavy atom. The van der Waals surface area contributed by atoms with Crippen molar-refractivity contribution in [3.8, 4) is 11.3 Å². The molecule has 0 unspecified atom stereocenters. The van der Waals surface area contributed by atoms with Gasteiger partial charge >= 0.3 is 0 Å². The monoisotopic (exact) mass is 527 g/mol. The molecule has 2 fully saturated rings. The molecular weight excluding hydrogens is 492 g/mol. The Morgan fingerprint density at radius 2 is 2.08 bits per heavy atom. The van der Waals surface area contributed by atoms with Crippen LogP contribution in [0.25, 0.3) is 22.2 Å². The Balaban J connectivity index is 1.47. The Kier molecular flexibility index (Phi) is 7.59. The van der Waals surface area contributed by atoms with Crippen molar-refractivity contribution in [2.45, 2.75) is 70.0 Å². The molecular formula is C28H35F2N5O3. The number of fused-ring (bicyclic) bond motifs is 1. The lowest BCUT2D eigenvalue weighted by molar-refractivity contribution is -0.0728. The van der Waals surface area contributed by atoms with Gasteiger partial charge in [0.05, 0.1) is 36.1 Å². The van der Waals surface area contributed by atoms with Crippen molar-refractivity contribution in [1.29, 1.82) is 0 Å². The summed E-state index contributed by atoms with van der Waals surface area (Å²) in [5.74, 6) is -0.167. The predicted molar refractivity (Wildman–Crippen MR) is 141 cm³/mol. The van der Waals surface area contributed by atoms with E-state index in [1.54, 1.807) is 13.0 Å². The third-order valence-corrected chi connectivity index (χ3v) is 7.65. The van der Waals surface area contributed by atoms with E-state index in [1.807, 2.05) is 23.2 Å². The first-order chi connectivity index (χ1) is 18.1. The summed E-state index contributed by atoms with van der Waals surface area (Å²) >= 11 is 0. The highest BCUT2D eigenvalue weighted by molar-refractivity contribution is 5.88. The van der Waals surface area contributed by atoms with Gasteiger partial charge in [-0.1, -0.05) is 19.9 Å². The number of hydrogen-bond donors (Lipinski definition) is 3. The first-order valence-corrected chi connectivity index (χ1v) is 13.2. The minimum atomic E-state index is -1.32. The number of nitrogens with one attached hydrogen (secondary N) is 1. The number of alkyl halides is 1. The number of halogens is 2. The summed E-state index contributed by atoms with van der Waals surface area (Å²) in [6, 6.07) is 5.27. The fourth-order valence-corrected chi connectivity index (χ4v) is 5.35. The summed E-state index contributed by atoms with van der Waals surface area (Å²) in [5, 5.41) is 24.4. The van der Waals surface area contributed by atoms with E-state index in [0.717, 1.165) is 28.2 Å². The van der Waals surface area contributed by atoms with E-state index in [4.69, 9.17) is 4.74 Å². The lowest BCUT2D eigenvalue weighted by Crippen LogP contribution is -2.51. The van der Waals surface area contributed by atoms with Gasteiger partial charge in [-0.05, 0) is 48.9 Å². The van der Waals surface area contributed by atoms with Gasteiger partial charge in [0, 0.05) is 43.4 Å². The highest BCUT2D eigenvalue weighted by Gasteiger charge is 2.38. The molecule has 8 nitrogen and oxygen atoms in total. The maximum atomic E-state index is 15.0. The molecule has 38 heavy (non-hydrogen) atoms. The number of hydrogen-bond acceptors (Lipinski definition) is 8. The summed E-state index contributed by atoms with van der Waals surface area (Å²) in [5.41, 5.74) is 2.28. The van der Waals surface area contributed by atoms with E-state index in [2.05, 4.69) is 34.1 Å². The van der Waals surface area contributed by atoms with Crippen molar-refractivity contribution >= 4 is 16.9 Å². The number of aromatic nitrogens is 3. The van der Waals surface area contributed by atoms with Crippen LogP contribution < -0.4 is 5.32 Å². The van der Waals surface area contributed by atoms with Gasteiger partial charge in [-0.15, -0.1) is 0 Å². The summed E-state index contributed by atoms with van der Waals surface area (Å²) in [6.45, 7) is 7.74. The average Bonchev–Trinajstić information content (AvgIpc) is 2.88. The molecule has 2 aliphatic rings. The minimum absolute atomic E-state index is 0.141. The number of aliphatic hydroxyl groups excluding tert-OH is 1. The van der Waals surface area contributed by atoms with Crippen molar-refractivity contribution in [2.75, 3.05) is 31.6 Å². The number of nitrogens with zero attached hydrogens (tertiary/aromatic N) is 4. The van der Waals surface area contributed by atoms with Crippen molar-refractivity contribution in [3.05, 3.63) is 47.5 Å². The van der Waals surface area contributed by atoms with E-state index in [-0.39, 0.29) is 36.8 Å². The van der Waals surface area contributed by atoms with Crippen LogP contribution in [0.3, 0.4) is 0 Å². The Bertz CT molecular complexity index is 1300. The predicted octanol–water partition coefficient (Wildman–Crippen LogP) is 3.81. The molecule has 204 valence electrons. The maximum absolute atomic E-state index is 15.0. The summed E-state index contributed by atoms with van der Waals surface area (Å²) in [6.07, 6.45) is 1.92. The smallest absolute Gasteiger partial charge is 0.223 e. The molecule has 0 spiro atoms. The Hall–Kier alpha value is -2.79. The number of ether oxygens (including phenoxy) is 1. The zero-order valence-corrected chi connectivity index (χ0v) is 22.0. The van der Waals surface area contributed by atoms with Crippen LogP contribution in [0.15, 0.2) is 30.6 Å². The molecule has 0 bridgehead atoms. The van der Waals surface area contributed by atoms with E-state index in [1.165, 1.54) is 0 Å². The third-order valence-electron chi connectivity index (χ3n) is 7.65.